The fourth-order valence-corrected chi connectivity index (χ4v) is 1.10. The third-order valence-electron chi connectivity index (χ3n) is 1.79. The molecule has 3 nitrogen and oxygen atoms in total. The first-order valence-electron chi connectivity index (χ1n) is 5.14. The molecule has 1 aromatic carbocycles. The maximum atomic E-state index is 11.0. The largest absolute Gasteiger partial charge is 0.487 e. The van der Waals surface area contributed by atoms with Crippen molar-refractivity contribution < 1.29 is 14.3 Å². The number of benzene rings is 1. The third-order valence-corrected chi connectivity index (χ3v) is 1.79. The summed E-state index contributed by atoms with van der Waals surface area (Å²) in [6.07, 6.45) is 2.85. The lowest BCUT2D eigenvalue weighted by Crippen LogP contribution is -2.20. The zero-order chi connectivity index (χ0) is 11.8. The van der Waals surface area contributed by atoms with E-state index in [9.17, 15) is 4.79 Å². The highest BCUT2D eigenvalue weighted by Crippen LogP contribution is 2.10. The fourth-order valence-electron chi connectivity index (χ4n) is 1.10. The second-order valence-electron chi connectivity index (χ2n) is 3.29. The molecule has 85 valence electrons. The van der Waals surface area contributed by atoms with Crippen molar-refractivity contribution in [2.75, 3.05) is 6.61 Å². The lowest BCUT2D eigenvalue weighted by Gasteiger charge is -2.13. The summed E-state index contributed by atoms with van der Waals surface area (Å²) in [7, 11) is 0. The van der Waals surface area contributed by atoms with E-state index < -0.39 is 0 Å². The Balaban J connectivity index is 2.31. The molecule has 0 aliphatic heterocycles. The molecule has 0 N–H and O–H groups in total. The van der Waals surface area contributed by atoms with Gasteiger partial charge >= 0.3 is 5.97 Å². The highest BCUT2D eigenvalue weighted by Gasteiger charge is 2.06. The van der Waals surface area contributed by atoms with Crippen molar-refractivity contribution >= 4 is 5.97 Å². The molecule has 1 atom stereocenters. The monoisotopic (exact) mass is 219 g/mol. The van der Waals surface area contributed by atoms with E-state index in [1.165, 1.54) is 6.08 Å². The molecule has 1 radical (unpaired) electrons. The molecule has 0 saturated carbocycles. The summed E-state index contributed by atoms with van der Waals surface area (Å²) >= 11 is 0. The van der Waals surface area contributed by atoms with Gasteiger partial charge in [0.2, 0.25) is 0 Å². The molecule has 1 unspecified atom stereocenters. The van der Waals surface area contributed by atoms with Gasteiger partial charge in [-0.25, -0.2) is 4.79 Å². The van der Waals surface area contributed by atoms with Gasteiger partial charge in [-0.3, -0.25) is 0 Å². The summed E-state index contributed by atoms with van der Waals surface area (Å²) in [6, 6.07) is 10.1. The number of rotatable bonds is 5. The maximum Gasteiger partial charge on any atom is 0.330 e. The van der Waals surface area contributed by atoms with Crippen LogP contribution < -0.4 is 4.74 Å². The minimum atomic E-state index is -0.348. The fraction of sp³-hybridized carbons (Fsp3) is 0.308. The number of carbonyl (C=O) groups excluding carboxylic acids is 1. The smallest absolute Gasteiger partial charge is 0.330 e. The van der Waals surface area contributed by atoms with Crippen molar-refractivity contribution in [3.8, 4) is 5.75 Å². The van der Waals surface area contributed by atoms with Crippen molar-refractivity contribution in [1.82, 2.24) is 0 Å². The van der Waals surface area contributed by atoms with Crippen molar-refractivity contribution in [3.05, 3.63) is 42.5 Å². The van der Waals surface area contributed by atoms with E-state index in [-0.39, 0.29) is 18.7 Å². The van der Waals surface area contributed by atoms with Crippen LogP contribution in [0.25, 0.3) is 0 Å². The van der Waals surface area contributed by atoms with E-state index in [4.69, 9.17) is 9.47 Å². The Morgan fingerprint density at radius 2 is 2.19 bits per heavy atom. The predicted octanol–water partition coefficient (Wildman–Crippen LogP) is 2.37. The number of allylic oxidation sites excluding steroid dienone is 1. The number of ether oxygens (including phenoxy) is 2. The van der Waals surface area contributed by atoms with Crippen LogP contribution in [0.1, 0.15) is 13.8 Å². The highest BCUT2D eigenvalue weighted by atomic mass is 16.6. The first-order chi connectivity index (χ1) is 7.72. The third kappa shape index (κ3) is 4.64. The zero-order valence-corrected chi connectivity index (χ0v) is 9.47. The van der Waals surface area contributed by atoms with Crippen LogP contribution in [-0.4, -0.2) is 18.7 Å². The topological polar surface area (TPSA) is 35.5 Å². The lowest BCUT2D eigenvalue weighted by molar-refractivity contribution is -0.139. The summed E-state index contributed by atoms with van der Waals surface area (Å²) in [5, 5.41) is 0. The second-order valence-corrected chi connectivity index (χ2v) is 3.29. The van der Waals surface area contributed by atoms with E-state index in [1.807, 2.05) is 19.1 Å². The molecule has 0 aliphatic carbocycles. The average Bonchev–Trinajstić information content (AvgIpc) is 2.28. The van der Waals surface area contributed by atoms with E-state index >= 15 is 0 Å². The molecule has 0 fully saturated rings. The van der Waals surface area contributed by atoms with Gasteiger partial charge in [0, 0.05) is 6.08 Å². The van der Waals surface area contributed by atoms with Crippen LogP contribution in [0.2, 0.25) is 0 Å². The number of esters is 1. The molecule has 0 saturated heterocycles. The summed E-state index contributed by atoms with van der Waals surface area (Å²) in [6.45, 7) is 3.85. The molecule has 0 amide bonds. The molecule has 0 bridgehead atoms. The first-order valence-corrected chi connectivity index (χ1v) is 5.14. The van der Waals surface area contributed by atoms with Gasteiger partial charge in [-0.05, 0) is 32.0 Å². The Bertz CT molecular complexity index is 343. The van der Waals surface area contributed by atoms with Gasteiger partial charge in [-0.1, -0.05) is 18.2 Å². The lowest BCUT2D eigenvalue weighted by atomic mass is 10.3. The van der Waals surface area contributed by atoms with Gasteiger partial charge in [-0.15, -0.1) is 0 Å². The van der Waals surface area contributed by atoms with E-state index in [0.717, 1.165) is 5.75 Å². The molecule has 0 aromatic heterocycles. The average molecular weight is 219 g/mol. The van der Waals surface area contributed by atoms with Crippen molar-refractivity contribution in [2.24, 2.45) is 0 Å². The Kier molecular flexibility index (Phi) is 5.12. The van der Waals surface area contributed by atoms with Crippen LogP contribution in [0.4, 0.5) is 0 Å². The minimum Gasteiger partial charge on any atom is -0.487 e. The molecule has 0 spiro atoms. The van der Waals surface area contributed by atoms with Crippen LogP contribution >= 0.6 is 0 Å². The summed E-state index contributed by atoms with van der Waals surface area (Å²) in [4.78, 5) is 11.0. The SMILES string of the molecule is CC=CC(=O)OCC(C)Oc1cc[c]cc1. The minimum absolute atomic E-state index is 0.170. The van der Waals surface area contributed by atoms with E-state index in [1.54, 1.807) is 25.1 Å². The molecule has 1 rings (SSSR count). The van der Waals surface area contributed by atoms with Gasteiger partial charge in [0.05, 0.1) is 0 Å². The normalized spacial score (nSPS) is 12.4. The van der Waals surface area contributed by atoms with Crippen molar-refractivity contribution in [2.45, 2.75) is 20.0 Å². The second kappa shape index (κ2) is 6.67. The summed E-state index contributed by atoms with van der Waals surface area (Å²) in [5.74, 6) is 0.396. The zero-order valence-electron chi connectivity index (χ0n) is 9.47. The predicted molar refractivity (Wildman–Crippen MR) is 61.1 cm³/mol. The molecular weight excluding hydrogens is 204 g/mol. The highest BCUT2D eigenvalue weighted by molar-refractivity contribution is 5.81. The molecule has 0 heterocycles. The Morgan fingerprint density at radius 1 is 1.50 bits per heavy atom. The van der Waals surface area contributed by atoms with Gasteiger partial charge in [0.1, 0.15) is 18.5 Å². The number of carbonyl (C=O) groups is 1. The Labute approximate surface area is 95.7 Å². The van der Waals surface area contributed by atoms with Crippen molar-refractivity contribution in [1.29, 1.82) is 0 Å². The van der Waals surface area contributed by atoms with Gasteiger partial charge in [0.15, 0.2) is 0 Å². The Hall–Kier alpha value is -1.77. The Morgan fingerprint density at radius 3 is 2.81 bits per heavy atom. The first kappa shape index (κ1) is 12.3. The molecule has 3 heteroatoms. The summed E-state index contributed by atoms with van der Waals surface area (Å²) in [5.41, 5.74) is 0. The van der Waals surface area contributed by atoms with E-state index in [0.29, 0.717) is 0 Å². The molecule has 16 heavy (non-hydrogen) atoms. The molecular formula is C13H15O3. The number of hydrogen-bond acceptors (Lipinski definition) is 3. The molecule has 0 aliphatic rings. The van der Waals surface area contributed by atoms with Crippen LogP contribution in [0.15, 0.2) is 36.4 Å². The van der Waals surface area contributed by atoms with Crippen LogP contribution in [0, 0.1) is 6.07 Å². The quantitative estimate of drug-likeness (QED) is 0.563. The van der Waals surface area contributed by atoms with Gasteiger partial charge < -0.3 is 9.47 Å². The van der Waals surface area contributed by atoms with Crippen LogP contribution in [0.5, 0.6) is 5.75 Å². The maximum absolute atomic E-state index is 11.0. The van der Waals surface area contributed by atoms with Crippen LogP contribution in [0.3, 0.4) is 0 Å². The van der Waals surface area contributed by atoms with E-state index in [2.05, 4.69) is 6.07 Å². The van der Waals surface area contributed by atoms with Crippen molar-refractivity contribution in [3.63, 3.8) is 0 Å². The number of hydrogen-bond donors (Lipinski definition) is 0. The standard InChI is InChI=1S/C13H15O3/c1-3-7-13(14)15-10-11(2)16-12-8-5-4-6-9-12/h3,5-9,11H,10H2,1-2H3. The van der Waals surface area contributed by atoms with Gasteiger partial charge in [0.25, 0.3) is 0 Å². The van der Waals surface area contributed by atoms with Crippen LogP contribution in [-0.2, 0) is 9.53 Å². The summed E-state index contributed by atoms with van der Waals surface area (Å²) < 4.78 is 10.5. The van der Waals surface area contributed by atoms with Gasteiger partial charge in [-0.2, -0.15) is 0 Å². The molecule has 1 aromatic rings.